The molecule has 1 amide bonds. The first-order valence-corrected chi connectivity index (χ1v) is 11.2. The van der Waals surface area contributed by atoms with Gasteiger partial charge in [0, 0.05) is 6.04 Å². The number of piperidine rings is 1. The number of carbonyl (C=O) groups is 1. The quantitative estimate of drug-likeness (QED) is 0.853. The van der Waals surface area contributed by atoms with Gasteiger partial charge < -0.3 is 9.88 Å². The minimum absolute atomic E-state index is 0.0933. The normalized spacial score (nSPS) is 25.4. The predicted octanol–water partition coefficient (Wildman–Crippen LogP) is 3.76. The lowest BCUT2D eigenvalue weighted by Gasteiger charge is -2.47. The first-order valence-electron chi connectivity index (χ1n) is 11.2. The number of hydrogen-bond donors (Lipinski definition) is 1. The van der Waals surface area contributed by atoms with Crippen molar-refractivity contribution in [2.24, 2.45) is 0 Å². The SMILES string of the molecule is CC(NC(=O)C1(N2CCCCC2)CCCCC1)c1nncn1C1CCCC1. The lowest BCUT2D eigenvalue weighted by molar-refractivity contribution is -0.138. The lowest BCUT2D eigenvalue weighted by Crippen LogP contribution is -2.61. The minimum atomic E-state index is -0.300. The molecule has 1 N–H and O–H groups in total. The Labute approximate surface area is 163 Å². The first-order chi connectivity index (χ1) is 13.2. The maximum absolute atomic E-state index is 13.5. The number of carbonyl (C=O) groups excluding carboxylic acids is 1. The molecule has 27 heavy (non-hydrogen) atoms. The summed E-state index contributed by atoms with van der Waals surface area (Å²) >= 11 is 0. The van der Waals surface area contributed by atoms with Crippen molar-refractivity contribution < 1.29 is 4.79 Å². The smallest absolute Gasteiger partial charge is 0.241 e. The molecular weight excluding hydrogens is 338 g/mol. The zero-order valence-electron chi connectivity index (χ0n) is 16.8. The Morgan fingerprint density at radius 1 is 1.07 bits per heavy atom. The van der Waals surface area contributed by atoms with Crippen LogP contribution in [0.5, 0.6) is 0 Å². The van der Waals surface area contributed by atoms with Gasteiger partial charge in [0.25, 0.3) is 0 Å². The summed E-state index contributed by atoms with van der Waals surface area (Å²) < 4.78 is 2.21. The van der Waals surface area contributed by atoms with Gasteiger partial charge >= 0.3 is 0 Å². The third-order valence-electron chi connectivity index (χ3n) is 7.12. The molecule has 6 heteroatoms. The predicted molar refractivity (Wildman–Crippen MR) is 105 cm³/mol. The van der Waals surface area contributed by atoms with Gasteiger partial charge in [-0.3, -0.25) is 9.69 Å². The van der Waals surface area contributed by atoms with Crippen LogP contribution in [-0.2, 0) is 4.79 Å². The topological polar surface area (TPSA) is 63.1 Å². The van der Waals surface area contributed by atoms with E-state index < -0.39 is 0 Å². The van der Waals surface area contributed by atoms with E-state index in [0.29, 0.717) is 6.04 Å². The van der Waals surface area contributed by atoms with Gasteiger partial charge in [0.05, 0.1) is 6.04 Å². The number of amides is 1. The number of nitrogens with zero attached hydrogens (tertiary/aromatic N) is 4. The molecule has 150 valence electrons. The molecule has 2 aliphatic carbocycles. The fourth-order valence-electron chi connectivity index (χ4n) is 5.57. The van der Waals surface area contributed by atoms with E-state index in [2.05, 4.69) is 31.9 Å². The summed E-state index contributed by atoms with van der Waals surface area (Å²) in [7, 11) is 0. The molecule has 2 heterocycles. The Morgan fingerprint density at radius 2 is 1.74 bits per heavy atom. The van der Waals surface area contributed by atoms with Crippen molar-refractivity contribution in [2.75, 3.05) is 13.1 Å². The van der Waals surface area contributed by atoms with Crippen molar-refractivity contribution in [1.82, 2.24) is 25.0 Å². The number of nitrogens with one attached hydrogen (secondary N) is 1. The molecule has 1 atom stereocenters. The van der Waals surface area contributed by atoms with E-state index in [1.165, 1.54) is 51.4 Å². The molecule has 0 radical (unpaired) electrons. The van der Waals surface area contributed by atoms with Gasteiger partial charge in [-0.1, -0.05) is 38.5 Å². The molecule has 1 aliphatic heterocycles. The summed E-state index contributed by atoms with van der Waals surface area (Å²) in [5.74, 6) is 1.14. The highest BCUT2D eigenvalue weighted by atomic mass is 16.2. The van der Waals surface area contributed by atoms with Crippen LogP contribution in [0.25, 0.3) is 0 Å². The Hall–Kier alpha value is -1.43. The van der Waals surface area contributed by atoms with E-state index in [1.807, 2.05) is 6.33 Å². The summed E-state index contributed by atoms with van der Waals surface area (Å²) in [6, 6.07) is 0.407. The van der Waals surface area contributed by atoms with Gasteiger partial charge in [-0.15, -0.1) is 10.2 Å². The van der Waals surface area contributed by atoms with E-state index in [1.54, 1.807) is 0 Å². The molecule has 3 aliphatic rings. The van der Waals surface area contributed by atoms with Crippen LogP contribution in [0, 0.1) is 0 Å². The molecule has 3 fully saturated rings. The van der Waals surface area contributed by atoms with Crippen molar-refractivity contribution in [3.63, 3.8) is 0 Å². The third-order valence-corrected chi connectivity index (χ3v) is 7.12. The zero-order valence-corrected chi connectivity index (χ0v) is 16.8. The second-order valence-corrected chi connectivity index (χ2v) is 8.87. The molecular formula is C21H35N5O. The summed E-state index contributed by atoms with van der Waals surface area (Å²) in [5, 5.41) is 11.9. The maximum atomic E-state index is 13.5. The van der Waals surface area contributed by atoms with Crippen LogP contribution in [-0.4, -0.2) is 44.2 Å². The van der Waals surface area contributed by atoms with E-state index >= 15 is 0 Å². The van der Waals surface area contributed by atoms with Crippen molar-refractivity contribution in [2.45, 2.75) is 102 Å². The molecule has 1 unspecified atom stereocenters. The maximum Gasteiger partial charge on any atom is 0.241 e. The Kier molecular flexibility index (Phi) is 5.81. The molecule has 2 saturated carbocycles. The highest BCUT2D eigenvalue weighted by molar-refractivity contribution is 5.86. The van der Waals surface area contributed by atoms with E-state index in [9.17, 15) is 4.79 Å². The van der Waals surface area contributed by atoms with Crippen molar-refractivity contribution in [1.29, 1.82) is 0 Å². The second kappa shape index (κ2) is 8.29. The molecule has 0 aromatic carbocycles. The number of aromatic nitrogens is 3. The van der Waals surface area contributed by atoms with Crippen LogP contribution in [0.2, 0.25) is 0 Å². The first kappa shape index (κ1) is 18.9. The highest BCUT2D eigenvalue weighted by Crippen LogP contribution is 2.37. The average Bonchev–Trinajstić information content (AvgIpc) is 3.40. The largest absolute Gasteiger partial charge is 0.345 e. The van der Waals surface area contributed by atoms with E-state index in [-0.39, 0.29) is 17.5 Å². The van der Waals surface area contributed by atoms with E-state index in [0.717, 1.165) is 44.6 Å². The van der Waals surface area contributed by atoms with Crippen molar-refractivity contribution in [3.05, 3.63) is 12.2 Å². The van der Waals surface area contributed by atoms with Crippen molar-refractivity contribution >= 4 is 5.91 Å². The molecule has 1 saturated heterocycles. The Morgan fingerprint density at radius 3 is 2.44 bits per heavy atom. The minimum Gasteiger partial charge on any atom is -0.345 e. The Bertz CT molecular complexity index is 624. The number of rotatable bonds is 5. The number of likely N-dealkylation sites (tertiary alicyclic amines) is 1. The van der Waals surface area contributed by atoms with Gasteiger partial charge in [0.2, 0.25) is 5.91 Å². The van der Waals surface area contributed by atoms with Gasteiger partial charge in [-0.05, 0) is 58.5 Å². The van der Waals surface area contributed by atoms with Gasteiger partial charge in [-0.25, -0.2) is 0 Å². The molecule has 0 spiro atoms. The molecule has 1 aromatic rings. The molecule has 4 rings (SSSR count). The van der Waals surface area contributed by atoms with Gasteiger partial charge in [-0.2, -0.15) is 0 Å². The summed E-state index contributed by atoms with van der Waals surface area (Å²) in [6.45, 7) is 4.21. The van der Waals surface area contributed by atoms with Crippen LogP contribution in [0.1, 0.15) is 102 Å². The zero-order chi connectivity index (χ0) is 18.7. The summed E-state index contributed by atoms with van der Waals surface area (Å²) in [5.41, 5.74) is -0.300. The number of hydrogen-bond acceptors (Lipinski definition) is 4. The lowest BCUT2D eigenvalue weighted by atomic mass is 9.78. The standard InChI is InChI=1S/C21H35N5O/c1-17(19-24-22-16-26(19)18-10-4-5-11-18)23-20(27)21(12-6-2-7-13-21)25-14-8-3-9-15-25/h16-18H,2-15H2,1H3,(H,23,27). The summed E-state index contributed by atoms with van der Waals surface area (Å²) in [4.78, 5) is 16.0. The van der Waals surface area contributed by atoms with Crippen LogP contribution >= 0.6 is 0 Å². The average molecular weight is 374 g/mol. The van der Waals surface area contributed by atoms with Crippen LogP contribution in [0.3, 0.4) is 0 Å². The fourth-order valence-corrected chi connectivity index (χ4v) is 5.57. The molecule has 6 nitrogen and oxygen atoms in total. The summed E-state index contributed by atoms with van der Waals surface area (Å²) in [6.07, 6.45) is 16.1. The fraction of sp³-hybridized carbons (Fsp3) is 0.857. The second-order valence-electron chi connectivity index (χ2n) is 8.87. The highest BCUT2D eigenvalue weighted by Gasteiger charge is 2.45. The van der Waals surface area contributed by atoms with Gasteiger partial charge in [0.15, 0.2) is 5.82 Å². The molecule has 0 bridgehead atoms. The van der Waals surface area contributed by atoms with Crippen molar-refractivity contribution in [3.8, 4) is 0 Å². The van der Waals surface area contributed by atoms with Gasteiger partial charge in [0.1, 0.15) is 11.9 Å². The van der Waals surface area contributed by atoms with Crippen LogP contribution in [0.15, 0.2) is 6.33 Å². The third kappa shape index (κ3) is 3.78. The van der Waals surface area contributed by atoms with E-state index in [4.69, 9.17) is 0 Å². The van der Waals surface area contributed by atoms with Crippen LogP contribution < -0.4 is 5.32 Å². The molecule has 1 aromatic heterocycles. The monoisotopic (exact) mass is 373 g/mol. The Balaban J connectivity index is 1.50. The van der Waals surface area contributed by atoms with Crippen LogP contribution in [0.4, 0.5) is 0 Å².